The molecule has 0 N–H and O–H groups in total. The molecule has 1 aliphatic rings. The van der Waals surface area contributed by atoms with E-state index in [0.29, 0.717) is 23.0 Å². The Morgan fingerprint density at radius 2 is 1.21 bits per heavy atom. The highest BCUT2D eigenvalue weighted by Gasteiger charge is 2.40. The molecule has 1 aromatic heterocycles. The van der Waals surface area contributed by atoms with Gasteiger partial charge in [-0.05, 0) is 80.6 Å². The van der Waals surface area contributed by atoms with E-state index in [1.54, 1.807) is 0 Å². The minimum atomic E-state index is -0.0727. The molecule has 0 saturated carbocycles. The summed E-state index contributed by atoms with van der Waals surface area (Å²) < 4.78 is 0. The number of hydrogen-bond acceptors (Lipinski definition) is 5. The molecule has 1 aliphatic carbocycles. The Bertz CT molecular complexity index is 2590. The van der Waals surface area contributed by atoms with E-state index >= 15 is 0 Å². The Labute approximate surface area is 342 Å². The molecule has 57 heavy (non-hydrogen) atoms. The molecule has 0 amide bonds. The molecular weight excluding hydrogens is 713 g/mol. The molecule has 2 unspecified atom stereocenters. The molecule has 1 heterocycles. The highest BCUT2D eigenvalue weighted by Crippen LogP contribution is 2.54. The molecule has 0 radical (unpaired) electrons. The van der Waals surface area contributed by atoms with Crippen molar-refractivity contribution in [2.45, 2.75) is 57.8 Å². The van der Waals surface area contributed by atoms with Crippen molar-refractivity contribution in [2.24, 2.45) is 0 Å². The number of thiol groups is 1. The van der Waals surface area contributed by atoms with E-state index in [-0.39, 0.29) is 11.3 Å². The van der Waals surface area contributed by atoms with E-state index in [0.717, 1.165) is 53.8 Å². The van der Waals surface area contributed by atoms with Gasteiger partial charge >= 0.3 is 0 Å². The maximum Gasteiger partial charge on any atom is 0.163 e. The molecule has 2 atom stereocenters. The summed E-state index contributed by atoms with van der Waals surface area (Å²) in [5.41, 5.74) is 14.7. The van der Waals surface area contributed by atoms with Crippen molar-refractivity contribution in [1.29, 1.82) is 5.26 Å². The van der Waals surface area contributed by atoms with Crippen LogP contribution in [0.2, 0.25) is 0 Å². The predicted octanol–water partition coefficient (Wildman–Crippen LogP) is 13.5. The van der Waals surface area contributed by atoms with Gasteiger partial charge in [-0.15, -0.1) is 0 Å². The van der Waals surface area contributed by atoms with Gasteiger partial charge in [0, 0.05) is 28.2 Å². The number of nitrogens with zero attached hydrogens (tertiary/aromatic N) is 4. The van der Waals surface area contributed by atoms with Crippen LogP contribution in [0.25, 0.3) is 67.3 Å². The Balaban J connectivity index is 1.05. The van der Waals surface area contributed by atoms with Gasteiger partial charge in [-0.25, -0.2) is 15.0 Å². The molecule has 7 aromatic rings. The number of nitriles is 1. The molecule has 0 fully saturated rings. The molecule has 0 spiro atoms. The second-order valence-electron chi connectivity index (χ2n) is 15.1. The summed E-state index contributed by atoms with van der Waals surface area (Å²) >= 11 is 4.37. The normalized spacial score (nSPS) is 14.9. The summed E-state index contributed by atoms with van der Waals surface area (Å²) in [6, 6.07) is 51.7. The molecule has 0 saturated heterocycles. The van der Waals surface area contributed by atoms with Gasteiger partial charge in [0.1, 0.15) is 5.82 Å². The zero-order chi connectivity index (χ0) is 39.4. The van der Waals surface area contributed by atoms with E-state index in [4.69, 9.17) is 15.0 Å². The van der Waals surface area contributed by atoms with Crippen LogP contribution >= 0.6 is 12.6 Å². The van der Waals surface area contributed by atoms with Crippen molar-refractivity contribution in [3.05, 3.63) is 174 Å². The summed E-state index contributed by atoms with van der Waals surface area (Å²) in [6.07, 6.45) is 8.48. The Morgan fingerprint density at radius 1 is 0.632 bits per heavy atom. The number of fused-ring (bicyclic) bond motifs is 3. The van der Waals surface area contributed by atoms with Crippen molar-refractivity contribution in [1.82, 2.24) is 15.0 Å². The largest absolute Gasteiger partial charge is 0.212 e. The van der Waals surface area contributed by atoms with Gasteiger partial charge in [0.15, 0.2) is 11.6 Å². The Hall–Kier alpha value is -6.09. The fourth-order valence-electron chi connectivity index (χ4n) is 8.33. The fourth-order valence-corrected chi connectivity index (χ4v) is 8.45. The number of allylic oxidation sites excluding steroid dienone is 1. The third kappa shape index (κ3) is 7.46. The zero-order valence-corrected chi connectivity index (χ0v) is 33.7. The number of hydrogen-bond donors (Lipinski definition) is 1. The number of benzene rings is 6. The zero-order valence-electron chi connectivity index (χ0n) is 32.8. The lowest BCUT2D eigenvalue weighted by Crippen LogP contribution is -2.20. The molecule has 6 aromatic carbocycles. The van der Waals surface area contributed by atoms with Gasteiger partial charge in [-0.1, -0.05) is 173 Å². The van der Waals surface area contributed by atoms with Crippen molar-refractivity contribution in [3.63, 3.8) is 0 Å². The second kappa shape index (κ2) is 16.6. The first-order valence-corrected chi connectivity index (χ1v) is 20.7. The standard InChI is InChI=1S/C52H46N4S/c1-4-6-31-52(3)46-30-17-35(34-53)33-45(46)48-44(15-10-16-47(48)52)41-26-22-39(23-27-41)37-18-20-38(21-19-37)40-24-28-43(29-25-40)51-55-49(36(5-2)14-11-32-57)54-50(56-51)42-12-8-7-9-13-42/h7-30,33,36,57H,4-6,31-32H2,1-3H3/b14-11-. The number of rotatable bonds is 12. The SMILES string of the molecule is CCCCC1(C)c2ccc(C#N)cc2-c2c(-c3ccc(-c4ccc(-c5ccc(-c6nc(-c7ccccc7)nc(C(/C=C\CS)CC)n6)cc5)cc4)cc3)cccc21. The van der Waals surface area contributed by atoms with Gasteiger partial charge in [0.05, 0.1) is 11.6 Å². The summed E-state index contributed by atoms with van der Waals surface area (Å²) in [6.45, 7) is 6.79. The maximum absolute atomic E-state index is 9.78. The molecular formula is C52H46N4S. The minimum absolute atomic E-state index is 0.0727. The number of aromatic nitrogens is 3. The molecule has 8 rings (SSSR count). The lowest BCUT2D eigenvalue weighted by Gasteiger charge is -2.27. The van der Waals surface area contributed by atoms with Crippen LogP contribution in [0.3, 0.4) is 0 Å². The number of unbranched alkanes of at least 4 members (excludes halogenated alkanes) is 1. The van der Waals surface area contributed by atoms with E-state index in [1.165, 1.54) is 44.5 Å². The van der Waals surface area contributed by atoms with E-state index in [1.807, 2.05) is 36.4 Å². The molecule has 0 aliphatic heterocycles. The first kappa shape index (κ1) is 37.8. The predicted molar refractivity (Wildman–Crippen MR) is 239 cm³/mol. The first-order valence-electron chi connectivity index (χ1n) is 20.0. The van der Waals surface area contributed by atoms with Crippen LogP contribution in [-0.4, -0.2) is 20.7 Å². The fraction of sp³-hybridized carbons (Fsp3) is 0.192. The molecule has 4 nitrogen and oxygen atoms in total. The van der Waals surface area contributed by atoms with Crippen LogP contribution in [0.4, 0.5) is 0 Å². The van der Waals surface area contributed by atoms with Crippen molar-refractivity contribution < 1.29 is 0 Å². The van der Waals surface area contributed by atoms with Gasteiger partial charge in [0.2, 0.25) is 0 Å². The average Bonchev–Trinajstić information content (AvgIpc) is 3.53. The van der Waals surface area contributed by atoms with Crippen LogP contribution in [0, 0.1) is 11.3 Å². The van der Waals surface area contributed by atoms with E-state index in [9.17, 15) is 5.26 Å². The lowest BCUT2D eigenvalue weighted by molar-refractivity contribution is 0.504. The van der Waals surface area contributed by atoms with Gasteiger partial charge in [-0.2, -0.15) is 17.9 Å². The van der Waals surface area contributed by atoms with Crippen LogP contribution < -0.4 is 0 Å². The summed E-state index contributed by atoms with van der Waals surface area (Å²) in [5, 5.41) is 9.78. The van der Waals surface area contributed by atoms with Gasteiger partial charge in [0.25, 0.3) is 0 Å². The molecule has 280 valence electrons. The maximum atomic E-state index is 9.78. The van der Waals surface area contributed by atoms with Gasteiger partial charge < -0.3 is 0 Å². The summed E-state index contributed by atoms with van der Waals surface area (Å²) in [7, 11) is 0. The molecule has 0 bridgehead atoms. The minimum Gasteiger partial charge on any atom is -0.212 e. The average molecular weight is 759 g/mol. The summed E-state index contributed by atoms with van der Waals surface area (Å²) in [5.74, 6) is 2.87. The first-order chi connectivity index (χ1) is 27.9. The monoisotopic (exact) mass is 758 g/mol. The van der Waals surface area contributed by atoms with Crippen LogP contribution in [-0.2, 0) is 5.41 Å². The second-order valence-corrected chi connectivity index (χ2v) is 15.5. The third-order valence-corrected chi connectivity index (χ3v) is 11.7. The van der Waals surface area contributed by atoms with Crippen LogP contribution in [0.1, 0.15) is 74.9 Å². The quantitative estimate of drug-likeness (QED) is 0.0995. The van der Waals surface area contributed by atoms with Crippen LogP contribution in [0.15, 0.2) is 152 Å². The Kier molecular flexibility index (Phi) is 11.0. The molecule has 5 heteroatoms. The highest BCUT2D eigenvalue weighted by atomic mass is 32.1. The van der Waals surface area contributed by atoms with Crippen molar-refractivity contribution in [3.8, 4) is 73.4 Å². The Morgan fingerprint density at radius 3 is 1.77 bits per heavy atom. The van der Waals surface area contributed by atoms with Crippen LogP contribution in [0.5, 0.6) is 0 Å². The third-order valence-electron chi connectivity index (χ3n) is 11.5. The summed E-state index contributed by atoms with van der Waals surface area (Å²) in [4.78, 5) is 14.8. The lowest BCUT2D eigenvalue weighted by atomic mass is 9.76. The van der Waals surface area contributed by atoms with Crippen molar-refractivity contribution >= 4 is 12.6 Å². The van der Waals surface area contributed by atoms with Gasteiger partial charge in [-0.3, -0.25) is 0 Å². The van der Waals surface area contributed by atoms with E-state index < -0.39 is 0 Å². The van der Waals surface area contributed by atoms with E-state index in [2.05, 4.69) is 155 Å². The topological polar surface area (TPSA) is 62.5 Å². The smallest absolute Gasteiger partial charge is 0.163 e. The van der Waals surface area contributed by atoms with Crippen molar-refractivity contribution in [2.75, 3.05) is 5.75 Å². The highest BCUT2D eigenvalue weighted by molar-refractivity contribution is 7.80.